The van der Waals surface area contributed by atoms with Gasteiger partial charge in [0.1, 0.15) is 19.3 Å². The Bertz CT molecular complexity index is 2010. The first-order valence-corrected chi connectivity index (χ1v) is 47.5. The molecule has 0 aromatic heterocycles. The van der Waals surface area contributed by atoms with Gasteiger partial charge in [-0.3, -0.25) is 37.3 Å². The quantitative estimate of drug-likeness (QED) is 0.0222. The average molecular weight is 1540 g/mol. The van der Waals surface area contributed by atoms with Gasteiger partial charge in [-0.1, -0.05) is 408 Å². The number of hydrogen-bond acceptors (Lipinski definition) is 15. The van der Waals surface area contributed by atoms with E-state index in [9.17, 15) is 43.2 Å². The minimum Gasteiger partial charge on any atom is -0.462 e. The Morgan fingerprint density at radius 1 is 0.257 bits per heavy atom. The first kappa shape index (κ1) is 103. The summed E-state index contributed by atoms with van der Waals surface area (Å²) in [6.07, 6.45) is 69.4. The Morgan fingerprint density at radius 3 is 0.648 bits per heavy atom. The topological polar surface area (TPSA) is 237 Å². The van der Waals surface area contributed by atoms with Gasteiger partial charge in [0.25, 0.3) is 0 Å². The molecule has 0 radical (unpaired) electrons. The van der Waals surface area contributed by atoms with Gasteiger partial charge in [-0.25, -0.2) is 9.13 Å². The summed E-state index contributed by atoms with van der Waals surface area (Å²) >= 11 is 0. The third-order valence-corrected chi connectivity index (χ3v) is 22.1. The van der Waals surface area contributed by atoms with Crippen LogP contribution in [0.3, 0.4) is 0 Å². The van der Waals surface area contributed by atoms with Crippen molar-refractivity contribution in [3.63, 3.8) is 0 Å². The van der Waals surface area contributed by atoms with Crippen LogP contribution >= 0.6 is 15.6 Å². The number of unbranched alkanes of at least 4 members (excludes halogenated alkanes) is 55. The standard InChI is InChI=1S/C86H168O17P2/c1-7-9-11-13-15-17-19-21-23-24-25-26-27-31-36-40-46-53-59-65-71-86(91)102-81(74-96-83(88)68-62-56-50-44-38-34-32-28-30-33-37-42-48-54-60-66-78(3)4)76-100-104(92,93)98-72-80(87)73-99-105(94,95)101-77-82(75-97-84(89)69-63-57-51-47-41-43-49-55-61-67-79(5)6)103-85(90)70-64-58-52-45-39-35-29-22-20-18-16-14-12-10-8-2/h78-82,87H,7-77H2,1-6H3,(H,92,93)(H,94,95)/t80-,81-,82-/m1/s1. The number of rotatable bonds is 85. The van der Waals surface area contributed by atoms with Crippen molar-refractivity contribution >= 4 is 39.5 Å². The summed E-state index contributed by atoms with van der Waals surface area (Å²) in [6.45, 7) is 9.69. The number of esters is 4. The molecule has 0 rings (SSSR count). The van der Waals surface area contributed by atoms with Gasteiger partial charge in [-0.15, -0.1) is 0 Å². The Balaban J connectivity index is 5.25. The lowest BCUT2D eigenvalue weighted by Crippen LogP contribution is -2.30. The molecule has 0 spiro atoms. The molecule has 624 valence electrons. The number of ether oxygens (including phenoxy) is 4. The predicted octanol–water partition coefficient (Wildman–Crippen LogP) is 26.2. The monoisotopic (exact) mass is 1540 g/mol. The summed E-state index contributed by atoms with van der Waals surface area (Å²) in [7, 11) is -9.93. The Morgan fingerprint density at radius 2 is 0.438 bits per heavy atom. The van der Waals surface area contributed by atoms with E-state index in [2.05, 4.69) is 41.5 Å². The van der Waals surface area contributed by atoms with E-state index in [1.165, 1.54) is 276 Å². The van der Waals surface area contributed by atoms with Gasteiger partial charge in [0.05, 0.1) is 26.4 Å². The summed E-state index contributed by atoms with van der Waals surface area (Å²) in [6, 6.07) is 0. The second-order valence-electron chi connectivity index (χ2n) is 31.9. The normalized spacial score (nSPS) is 13.8. The van der Waals surface area contributed by atoms with Gasteiger partial charge < -0.3 is 33.8 Å². The van der Waals surface area contributed by atoms with Gasteiger partial charge in [0.15, 0.2) is 12.2 Å². The first-order valence-electron chi connectivity index (χ1n) is 44.5. The lowest BCUT2D eigenvalue weighted by Gasteiger charge is -2.21. The molecule has 0 aromatic rings. The minimum absolute atomic E-state index is 0.108. The predicted molar refractivity (Wildman–Crippen MR) is 432 cm³/mol. The van der Waals surface area contributed by atoms with Crippen LogP contribution in [0.4, 0.5) is 0 Å². The molecule has 0 aromatic carbocycles. The molecule has 0 heterocycles. The molecule has 0 saturated heterocycles. The number of aliphatic hydroxyl groups excluding tert-OH is 1. The number of phosphoric acid groups is 2. The molecule has 0 aliphatic rings. The third-order valence-electron chi connectivity index (χ3n) is 20.2. The highest BCUT2D eigenvalue weighted by molar-refractivity contribution is 7.47. The summed E-state index contributed by atoms with van der Waals surface area (Å²) < 4.78 is 68.9. The molecule has 105 heavy (non-hydrogen) atoms. The SMILES string of the molecule is CCCCCCCCCCCCCCCCCCCCCCC(=O)O[C@H](COC(=O)CCCCCCCCCCCCCCCCCC(C)C)COP(=O)(O)OC[C@@H](O)COP(=O)(O)OC[C@@H](COC(=O)CCCCCCCCCCCC(C)C)OC(=O)CCCCCCCCCCCCCCCCC. The maximum atomic E-state index is 13.2. The molecule has 3 N–H and O–H groups in total. The Hall–Kier alpha value is -1.94. The molecule has 0 fully saturated rings. The van der Waals surface area contributed by atoms with Crippen LogP contribution in [0.2, 0.25) is 0 Å². The molecule has 0 bridgehead atoms. The fourth-order valence-corrected chi connectivity index (χ4v) is 15.0. The summed E-state index contributed by atoms with van der Waals surface area (Å²) in [5, 5.41) is 10.7. The molecule has 0 saturated carbocycles. The summed E-state index contributed by atoms with van der Waals surface area (Å²) in [5.41, 5.74) is 0. The molecule has 0 aliphatic carbocycles. The van der Waals surface area contributed by atoms with E-state index >= 15 is 0 Å². The highest BCUT2D eigenvalue weighted by Gasteiger charge is 2.30. The summed E-state index contributed by atoms with van der Waals surface area (Å²) in [5.74, 6) is -0.551. The van der Waals surface area contributed by atoms with Crippen LogP contribution in [0, 0.1) is 11.8 Å². The van der Waals surface area contributed by atoms with Gasteiger partial charge in [-0.2, -0.15) is 0 Å². The Labute approximate surface area is 645 Å². The zero-order valence-corrected chi connectivity index (χ0v) is 70.8. The largest absolute Gasteiger partial charge is 0.472 e. The molecule has 17 nitrogen and oxygen atoms in total. The van der Waals surface area contributed by atoms with Crippen molar-refractivity contribution in [3.8, 4) is 0 Å². The van der Waals surface area contributed by atoms with E-state index < -0.39 is 97.5 Å². The van der Waals surface area contributed by atoms with Crippen molar-refractivity contribution in [2.24, 2.45) is 11.8 Å². The maximum absolute atomic E-state index is 13.2. The molecular formula is C86H168O17P2. The van der Waals surface area contributed by atoms with Gasteiger partial charge >= 0.3 is 39.5 Å². The van der Waals surface area contributed by atoms with Gasteiger partial charge in [0, 0.05) is 25.7 Å². The van der Waals surface area contributed by atoms with Crippen LogP contribution in [0.15, 0.2) is 0 Å². The zero-order valence-electron chi connectivity index (χ0n) is 69.0. The molecule has 2 unspecified atom stereocenters. The lowest BCUT2D eigenvalue weighted by molar-refractivity contribution is -0.161. The van der Waals surface area contributed by atoms with Crippen LogP contribution in [0.25, 0.3) is 0 Å². The lowest BCUT2D eigenvalue weighted by atomic mass is 10.0. The van der Waals surface area contributed by atoms with Gasteiger partial charge in [-0.05, 0) is 37.5 Å². The van der Waals surface area contributed by atoms with Crippen molar-refractivity contribution in [2.75, 3.05) is 39.6 Å². The van der Waals surface area contributed by atoms with Crippen LogP contribution < -0.4 is 0 Å². The van der Waals surface area contributed by atoms with E-state index in [1.54, 1.807) is 0 Å². The second kappa shape index (κ2) is 77.4. The van der Waals surface area contributed by atoms with Crippen LogP contribution in [-0.2, 0) is 65.4 Å². The fraction of sp³-hybridized carbons (Fsp3) is 0.953. The van der Waals surface area contributed by atoms with Crippen LogP contribution in [-0.4, -0.2) is 96.7 Å². The highest BCUT2D eigenvalue weighted by atomic mass is 31.2. The molecule has 19 heteroatoms. The third kappa shape index (κ3) is 79.9. The average Bonchev–Trinajstić information content (AvgIpc) is 0.905. The second-order valence-corrected chi connectivity index (χ2v) is 34.8. The molecule has 5 atom stereocenters. The minimum atomic E-state index is -4.97. The molecule has 0 aliphatic heterocycles. The number of carbonyl (C=O) groups excluding carboxylic acids is 4. The molecular weight excluding hydrogens is 1370 g/mol. The van der Waals surface area contributed by atoms with Crippen molar-refractivity contribution in [2.45, 2.75) is 477 Å². The smallest absolute Gasteiger partial charge is 0.462 e. The van der Waals surface area contributed by atoms with Crippen LogP contribution in [0.1, 0.15) is 459 Å². The van der Waals surface area contributed by atoms with Crippen molar-refractivity contribution in [1.29, 1.82) is 0 Å². The van der Waals surface area contributed by atoms with E-state index in [1.807, 2.05) is 0 Å². The number of phosphoric ester groups is 2. The van der Waals surface area contributed by atoms with Crippen molar-refractivity contribution in [3.05, 3.63) is 0 Å². The van der Waals surface area contributed by atoms with Gasteiger partial charge in [0.2, 0.25) is 0 Å². The number of carbonyl (C=O) groups is 4. The first-order chi connectivity index (χ1) is 50.9. The van der Waals surface area contributed by atoms with E-state index in [0.717, 1.165) is 102 Å². The number of hydrogen-bond donors (Lipinski definition) is 3. The summed E-state index contributed by atoms with van der Waals surface area (Å²) in [4.78, 5) is 73.3. The van der Waals surface area contributed by atoms with Crippen LogP contribution in [0.5, 0.6) is 0 Å². The van der Waals surface area contributed by atoms with E-state index in [-0.39, 0.29) is 25.7 Å². The number of aliphatic hydroxyl groups is 1. The highest BCUT2D eigenvalue weighted by Crippen LogP contribution is 2.45. The van der Waals surface area contributed by atoms with E-state index in [4.69, 9.17) is 37.0 Å². The van der Waals surface area contributed by atoms with Crippen molar-refractivity contribution in [1.82, 2.24) is 0 Å². The molecule has 0 amide bonds. The Kier molecular flexibility index (Phi) is 76.0. The fourth-order valence-electron chi connectivity index (χ4n) is 13.4. The zero-order chi connectivity index (χ0) is 77.1. The van der Waals surface area contributed by atoms with E-state index in [0.29, 0.717) is 25.7 Å². The van der Waals surface area contributed by atoms with Crippen molar-refractivity contribution < 1.29 is 80.2 Å². The maximum Gasteiger partial charge on any atom is 0.472 e.